The van der Waals surface area contributed by atoms with Crippen LogP contribution in [0.1, 0.15) is 24.1 Å². The van der Waals surface area contributed by atoms with Crippen LogP contribution in [-0.4, -0.2) is 30.7 Å². The molecule has 1 aliphatic rings. The molecular formula is C21H21ClN4O3S. The maximum Gasteiger partial charge on any atom is 0.263 e. The second-order valence-corrected chi connectivity index (χ2v) is 9.35. The fraction of sp³-hybridized carbons (Fsp3) is 0.238. The summed E-state index contributed by atoms with van der Waals surface area (Å²) in [5.74, 6) is 0.372. The predicted octanol–water partition coefficient (Wildman–Crippen LogP) is 4.07. The molecule has 0 saturated carbocycles. The molecule has 30 heavy (non-hydrogen) atoms. The Labute approximate surface area is 180 Å². The summed E-state index contributed by atoms with van der Waals surface area (Å²) in [5.41, 5.74) is 2.58. The first-order valence-electron chi connectivity index (χ1n) is 9.51. The second-order valence-electron chi connectivity index (χ2n) is 7.27. The number of aromatic nitrogens is 2. The van der Waals surface area contributed by atoms with E-state index in [-0.39, 0.29) is 10.8 Å². The first-order chi connectivity index (χ1) is 14.2. The van der Waals surface area contributed by atoms with Crippen molar-refractivity contribution in [2.24, 2.45) is 0 Å². The zero-order valence-corrected chi connectivity index (χ0v) is 18.2. The number of benzene rings is 2. The first-order valence-corrected chi connectivity index (χ1v) is 11.4. The van der Waals surface area contributed by atoms with Crippen LogP contribution in [0.25, 0.3) is 5.69 Å². The molecule has 156 valence electrons. The molecule has 9 heteroatoms. The normalized spacial score (nSPS) is 14.4. The van der Waals surface area contributed by atoms with Crippen LogP contribution in [0.2, 0.25) is 5.02 Å². The van der Waals surface area contributed by atoms with Gasteiger partial charge in [-0.1, -0.05) is 17.7 Å². The van der Waals surface area contributed by atoms with Gasteiger partial charge in [-0.15, -0.1) is 0 Å². The van der Waals surface area contributed by atoms with Crippen LogP contribution < -0.4 is 9.62 Å². The molecule has 2 heterocycles. The third kappa shape index (κ3) is 3.93. The number of anilines is 2. The minimum atomic E-state index is -3.87. The maximum atomic E-state index is 13.1. The molecule has 0 atom stereocenters. The average Bonchev–Trinajstić information content (AvgIpc) is 3.26. The topological polar surface area (TPSA) is 84.3 Å². The molecule has 0 spiro atoms. The SMILES string of the molecule is Cc1cc(NS(=O)(=O)c2ccc(N3CCCC3=O)cc2C)n(-c2cccc(Cl)c2)n1. The van der Waals surface area contributed by atoms with E-state index in [9.17, 15) is 13.2 Å². The third-order valence-corrected chi connectivity index (χ3v) is 6.71. The van der Waals surface area contributed by atoms with Crippen LogP contribution in [0.3, 0.4) is 0 Å². The van der Waals surface area contributed by atoms with Gasteiger partial charge in [-0.2, -0.15) is 5.10 Å². The van der Waals surface area contributed by atoms with Crippen molar-refractivity contribution in [1.82, 2.24) is 9.78 Å². The van der Waals surface area contributed by atoms with Crippen LogP contribution in [0.5, 0.6) is 0 Å². The fourth-order valence-electron chi connectivity index (χ4n) is 3.59. The summed E-state index contributed by atoms with van der Waals surface area (Å²) in [6, 6.07) is 13.6. The van der Waals surface area contributed by atoms with E-state index in [4.69, 9.17) is 11.6 Å². The summed E-state index contributed by atoms with van der Waals surface area (Å²) in [5, 5.41) is 4.91. The van der Waals surface area contributed by atoms with Crippen molar-refractivity contribution in [2.75, 3.05) is 16.2 Å². The Bertz CT molecular complexity index is 1240. The van der Waals surface area contributed by atoms with Gasteiger partial charge in [0.1, 0.15) is 5.82 Å². The lowest BCUT2D eigenvalue weighted by Gasteiger charge is -2.18. The number of nitrogens with zero attached hydrogens (tertiary/aromatic N) is 3. The van der Waals surface area contributed by atoms with Crippen molar-refractivity contribution < 1.29 is 13.2 Å². The molecule has 4 rings (SSSR count). The largest absolute Gasteiger partial charge is 0.312 e. The van der Waals surface area contributed by atoms with Crippen molar-refractivity contribution >= 4 is 39.0 Å². The van der Waals surface area contributed by atoms with E-state index in [1.54, 1.807) is 61.2 Å². The number of carbonyl (C=O) groups excluding carboxylic acids is 1. The van der Waals surface area contributed by atoms with E-state index in [0.717, 1.165) is 6.42 Å². The maximum absolute atomic E-state index is 13.1. The lowest BCUT2D eigenvalue weighted by molar-refractivity contribution is -0.117. The van der Waals surface area contributed by atoms with Crippen LogP contribution in [0, 0.1) is 13.8 Å². The van der Waals surface area contributed by atoms with Crippen molar-refractivity contribution in [3.63, 3.8) is 0 Å². The second kappa shape index (κ2) is 7.77. The van der Waals surface area contributed by atoms with Crippen LogP contribution in [-0.2, 0) is 14.8 Å². The van der Waals surface area contributed by atoms with Gasteiger partial charge in [-0.05, 0) is 62.2 Å². The van der Waals surface area contributed by atoms with Crippen LogP contribution >= 0.6 is 11.6 Å². The molecule has 1 aliphatic heterocycles. The summed E-state index contributed by atoms with van der Waals surface area (Å²) in [6.45, 7) is 4.16. The Morgan fingerprint density at radius 3 is 2.53 bits per heavy atom. The van der Waals surface area contributed by atoms with Gasteiger partial charge in [0.25, 0.3) is 10.0 Å². The highest BCUT2D eigenvalue weighted by atomic mass is 35.5. The molecule has 1 N–H and O–H groups in total. The molecule has 0 bridgehead atoms. The summed E-state index contributed by atoms with van der Waals surface area (Å²) in [6.07, 6.45) is 1.33. The number of nitrogens with one attached hydrogen (secondary N) is 1. The quantitative estimate of drug-likeness (QED) is 0.642. The van der Waals surface area contributed by atoms with Gasteiger partial charge in [0.2, 0.25) is 5.91 Å². The monoisotopic (exact) mass is 444 g/mol. The molecule has 0 aliphatic carbocycles. The van der Waals surface area contributed by atoms with Crippen molar-refractivity contribution in [3.8, 4) is 5.69 Å². The van der Waals surface area contributed by atoms with E-state index in [1.165, 1.54) is 10.7 Å². The molecule has 2 aromatic carbocycles. The van der Waals surface area contributed by atoms with Gasteiger partial charge in [0, 0.05) is 29.7 Å². The number of sulfonamides is 1. The van der Waals surface area contributed by atoms with Crippen LogP contribution in [0.15, 0.2) is 53.4 Å². The van der Waals surface area contributed by atoms with E-state index >= 15 is 0 Å². The standard InChI is InChI=1S/C21H21ClN4O3S/c1-14-11-17(25-10-4-7-21(25)27)8-9-19(14)30(28,29)24-20-12-15(2)23-26(20)18-6-3-5-16(22)13-18/h3,5-6,8-9,11-13,24H,4,7,10H2,1-2H3. The number of aryl methyl sites for hydroxylation is 2. The summed E-state index contributed by atoms with van der Waals surface area (Å²) >= 11 is 6.07. The van der Waals surface area contributed by atoms with Crippen molar-refractivity contribution in [3.05, 3.63) is 64.8 Å². The highest BCUT2D eigenvalue weighted by Gasteiger charge is 2.24. The summed E-state index contributed by atoms with van der Waals surface area (Å²) in [7, 11) is -3.87. The lowest BCUT2D eigenvalue weighted by Crippen LogP contribution is -2.24. The number of rotatable bonds is 5. The number of amides is 1. The third-order valence-electron chi connectivity index (χ3n) is 4.96. The molecule has 1 saturated heterocycles. The Hall–Kier alpha value is -2.84. The minimum absolute atomic E-state index is 0.0593. The summed E-state index contributed by atoms with van der Waals surface area (Å²) in [4.78, 5) is 13.8. The van der Waals surface area contributed by atoms with E-state index in [1.807, 2.05) is 0 Å². The molecule has 0 unspecified atom stereocenters. The van der Waals surface area contributed by atoms with Crippen molar-refractivity contribution in [1.29, 1.82) is 0 Å². The highest BCUT2D eigenvalue weighted by Crippen LogP contribution is 2.28. The van der Waals surface area contributed by atoms with Gasteiger partial charge in [-0.3, -0.25) is 9.52 Å². The Kier molecular flexibility index (Phi) is 5.29. The number of hydrogen-bond acceptors (Lipinski definition) is 4. The Morgan fingerprint density at radius 2 is 1.87 bits per heavy atom. The van der Waals surface area contributed by atoms with Gasteiger partial charge < -0.3 is 4.90 Å². The van der Waals surface area contributed by atoms with Gasteiger partial charge in [0.15, 0.2) is 0 Å². The molecule has 1 fully saturated rings. The van der Waals surface area contributed by atoms with Crippen molar-refractivity contribution in [2.45, 2.75) is 31.6 Å². The highest BCUT2D eigenvalue weighted by molar-refractivity contribution is 7.92. The lowest BCUT2D eigenvalue weighted by atomic mass is 10.2. The first kappa shape index (κ1) is 20.4. The van der Waals surface area contributed by atoms with Gasteiger partial charge >= 0.3 is 0 Å². The number of halogens is 1. The molecule has 1 amide bonds. The van der Waals surface area contributed by atoms with E-state index in [2.05, 4.69) is 9.82 Å². The zero-order chi connectivity index (χ0) is 21.5. The van der Waals surface area contributed by atoms with Gasteiger partial charge in [0.05, 0.1) is 16.3 Å². The van der Waals surface area contributed by atoms with E-state index < -0.39 is 10.0 Å². The van der Waals surface area contributed by atoms with Gasteiger partial charge in [-0.25, -0.2) is 13.1 Å². The number of hydrogen-bond donors (Lipinski definition) is 1. The fourth-order valence-corrected chi connectivity index (χ4v) is 5.04. The smallest absolute Gasteiger partial charge is 0.263 e. The molecule has 3 aromatic rings. The van der Waals surface area contributed by atoms with Crippen LogP contribution in [0.4, 0.5) is 11.5 Å². The minimum Gasteiger partial charge on any atom is -0.312 e. The average molecular weight is 445 g/mol. The predicted molar refractivity (Wildman–Crippen MR) is 117 cm³/mol. The zero-order valence-electron chi connectivity index (χ0n) is 16.6. The summed E-state index contributed by atoms with van der Waals surface area (Å²) < 4.78 is 30.4. The number of carbonyl (C=O) groups is 1. The molecular weight excluding hydrogens is 424 g/mol. The Morgan fingerprint density at radius 1 is 1.07 bits per heavy atom. The van der Waals surface area contributed by atoms with E-state index in [0.29, 0.717) is 46.4 Å². The molecule has 0 radical (unpaired) electrons. The molecule has 7 nitrogen and oxygen atoms in total. The molecule has 1 aromatic heterocycles. The Balaban J connectivity index is 1.67.